The SMILES string of the molecule is Cc1nc(Cn2cnc3cc(Cl)ccc3c2=O)no1. The van der Waals surface area contributed by atoms with E-state index in [0.29, 0.717) is 27.6 Å². The lowest BCUT2D eigenvalue weighted by molar-refractivity contribution is 0.386. The van der Waals surface area contributed by atoms with Crippen LogP contribution in [0.3, 0.4) is 0 Å². The fraction of sp³-hybridized carbons (Fsp3) is 0.167. The van der Waals surface area contributed by atoms with Crippen LogP contribution in [0.4, 0.5) is 0 Å². The van der Waals surface area contributed by atoms with Crippen LogP contribution in [0.2, 0.25) is 5.02 Å². The molecule has 0 aliphatic carbocycles. The number of hydrogen-bond acceptors (Lipinski definition) is 5. The van der Waals surface area contributed by atoms with Crippen molar-refractivity contribution in [3.63, 3.8) is 0 Å². The molecule has 0 bridgehead atoms. The Balaban J connectivity index is 2.08. The zero-order valence-electron chi connectivity index (χ0n) is 10.00. The lowest BCUT2D eigenvalue weighted by Crippen LogP contribution is -2.21. The van der Waals surface area contributed by atoms with Crippen molar-refractivity contribution < 1.29 is 4.52 Å². The minimum absolute atomic E-state index is 0.163. The third-order valence-electron chi connectivity index (χ3n) is 2.67. The van der Waals surface area contributed by atoms with Crippen molar-refractivity contribution >= 4 is 22.5 Å². The van der Waals surface area contributed by atoms with Crippen LogP contribution in [0.5, 0.6) is 0 Å². The van der Waals surface area contributed by atoms with Gasteiger partial charge in [-0.2, -0.15) is 4.98 Å². The first kappa shape index (κ1) is 11.9. The molecular formula is C12H9ClN4O2. The Hall–Kier alpha value is -2.21. The number of aryl methyl sites for hydroxylation is 1. The van der Waals surface area contributed by atoms with E-state index in [4.69, 9.17) is 16.1 Å². The first-order valence-electron chi connectivity index (χ1n) is 5.57. The van der Waals surface area contributed by atoms with Gasteiger partial charge in [0.25, 0.3) is 5.56 Å². The second-order valence-electron chi connectivity index (χ2n) is 4.07. The van der Waals surface area contributed by atoms with E-state index in [1.54, 1.807) is 25.1 Å². The van der Waals surface area contributed by atoms with Crippen molar-refractivity contribution in [3.8, 4) is 0 Å². The van der Waals surface area contributed by atoms with Gasteiger partial charge in [0.1, 0.15) is 0 Å². The average Bonchev–Trinajstić information content (AvgIpc) is 2.78. The van der Waals surface area contributed by atoms with Gasteiger partial charge in [0.2, 0.25) is 5.89 Å². The molecule has 0 amide bonds. The maximum Gasteiger partial charge on any atom is 0.261 e. The van der Waals surface area contributed by atoms with Gasteiger partial charge in [-0.05, 0) is 18.2 Å². The summed E-state index contributed by atoms with van der Waals surface area (Å²) in [5.41, 5.74) is 0.405. The summed E-state index contributed by atoms with van der Waals surface area (Å²) < 4.78 is 6.30. The van der Waals surface area contributed by atoms with Crippen LogP contribution in [0, 0.1) is 6.92 Å². The number of hydrogen-bond donors (Lipinski definition) is 0. The molecule has 6 nitrogen and oxygen atoms in total. The molecule has 96 valence electrons. The topological polar surface area (TPSA) is 73.8 Å². The molecule has 0 atom stereocenters. The molecule has 2 heterocycles. The molecule has 1 aromatic carbocycles. The van der Waals surface area contributed by atoms with E-state index in [9.17, 15) is 4.79 Å². The third kappa shape index (κ3) is 2.22. The largest absolute Gasteiger partial charge is 0.340 e. The van der Waals surface area contributed by atoms with E-state index in [0.717, 1.165) is 0 Å². The Morgan fingerprint density at radius 1 is 1.42 bits per heavy atom. The first-order chi connectivity index (χ1) is 9.13. The second-order valence-corrected chi connectivity index (χ2v) is 4.51. The fourth-order valence-corrected chi connectivity index (χ4v) is 1.97. The lowest BCUT2D eigenvalue weighted by Gasteiger charge is -2.03. The standard InChI is InChI=1S/C12H9ClN4O2/c1-7-15-11(16-19-7)5-17-6-14-10-4-8(13)2-3-9(10)12(17)18/h2-4,6H,5H2,1H3. The van der Waals surface area contributed by atoms with Crippen LogP contribution in [-0.4, -0.2) is 19.7 Å². The highest BCUT2D eigenvalue weighted by Crippen LogP contribution is 2.14. The van der Waals surface area contributed by atoms with E-state index < -0.39 is 0 Å². The van der Waals surface area contributed by atoms with Crippen LogP contribution in [-0.2, 0) is 6.54 Å². The Labute approximate surface area is 112 Å². The Morgan fingerprint density at radius 2 is 2.26 bits per heavy atom. The number of benzene rings is 1. The van der Waals surface area contributed by atoms with Gasteiger partial charge < -0.3 is 4.52 Å². The number of fused-ring (bicyclic) bond motifs is 1. The van der Waals surface area contributed by atoms with E-state index in [1.165, 1.54) is 10.9 Å². The molecule has 0 aliphatic rings. The zero-order chi connectivity index (χ0) is 13.4. The minimum Gasteiger partial charge on any atom is -0.340 e. The number of rotatable bonds is 2. The number of halogens is 1. The molecule has 0 saturated carbocycles. The summed E-state index contributed by atoms with van der Waals surface area (Å²) in [6, 6.07) is 4.97. The maximum absolute atomic E-state index is 12.2. The molecular weight excluding hydrogens is 268 g/mol. The van der Waals surface area contributed by atoms with Gasteiger partial charge in [-0.1, -0.05) is 16.8 Å². The summed E-state index contributed by atoms with van der Waals surface area (Å²) in [6.45, 7) is 1.92. The predicted octanol–water partition coefficient (Wildman–Crippen LogP) is 1.79. The minimum atomic E-state index is -0.163. The molecule has 0 radical (unpaired) electrons. The molecule has 0 unspecified atom stereocenters. The van der Waals surface area contributed by atoms with Gasteiger partial charge in [-0.15, -0.1) is 0 Å². The summed E-state index contributed by atoms with van der Waals surface area (Å²) in [4.78, 5) is 20.5. The number of nitrogens with zero attached hydrogens (tertiary/aromatic N) is 4. The average molecular weight is 277 g/mol. The van der Waals surface area contributed by atoms with Gasteiger partial charge in [0.05, 0.1) is 23.8 Å². The van der Waals surface area contributed by atoms with E-state index in [2.05, 4.69) is 15.1 Å². The normalized spacial score (nSPS) is 11.1. The molecule has 0 aliphatic heterocycles. The molecule has 3 rings (SSSR count). The van der Waals surface area contributed by atoms with Gasteiger partial charge in [0.15, 0.2) is 5.82 Å². The first-order valence-corrected chi connectivity index (χ1v) is 5.95. The Morgan fingerprint density at radius 3 is 3.00 bits per heavy atom. The summed E-state index contributed by atoms with van der Waals surface area (Å²) in [6.07, 6.45) is 1.45. The monoisotopic (exact) mass is 276 g/mol. The van der Waals surface area contributed by atoms with Crippen LogP contribution in [0.1, 0.15) is 11.7 Å². The fourth-order valence-electron chi connectivity index (χ4n) is 1.80. The van der Waals surface area contributed by atoms with Gasteiger partial charge in [-0.25, -0.2) is 4.98 Å². The summed E-state index contributed by atoms with van der Waals surface area (Å²) in [5.74, 6) is 0.901. The van der Waals surface area contributed by atoms with Crippen LogP contribution in [0.15, 0.2) is 33.8 Å². The molecule has 7 heteroatoms. The van der Waals surface area contributed by atoms with Gasteiger partial charge in [0, 0.05) is 11.9 Å². The Bertz CT molecular complexity index is 809. The van der Waals surface area contributed by atoms with Crippen molar-refractivity contribution in [2.24, 2.45) is 0 Å². The van der Waals surface area contributed by atoms with Crippen LogP contribution < -0.4 is 5.56 Å². The molecule has 0 fully saturated rings. The van der Waals surface area contributed by atoms with Gasteiger partial charge in [-0.3, -0.25) is 9.36 Å². The molecule has 2 aromatic heterocycles. The summed E-state index contributed by atoms with van der Waals surface area (Å²) >= 11 is 5.86. The second kappa shape index (κ2) is 4.47. The molecule has 0 N–H and O–H groups in total. The molecule has 19 heavy (non-hydrogen) atoms. The highest BCUT2D eigenvalue weighted by Gasteiger charge is 2.08. The van der Waals surface area contributed by atoms with Crippen molar-refractivity contribution in [3.05, 3.63) is 51.6 Å². The van der Waals surface area contributed by atoms with Crippen molar-refractivity contribution in [1.29, 1.82) is 0 Å². The van der Waals surface area contributed by atoms with E-state index in [-0.39, 0.29) is 12.1 Å². The molecule has 0 saturated heterocycles. The van der Waals surface area contributed by atoms with Crippen LogP contribution in [0.25, 0.3) is 10.9 Å². The highest BCUT2D eigenvalue weighted by molar-refractivity contribution is 6.31. The molecule has 3 aromatic rings. The lowest BCUT2D eigenvalue weighted by atomic mass is 10.2. The smallest absolute Gasteiger partial charge is 0.261 e. The Kier molecular flexibility index (Phi) is 2.79. The quantitative estimate of drug-likeness (QED) is 0.713. The zero-order valence-corrected chi connectivity index (χ0v) is 10.8. The van der Waals surface area contributed by atoms with Crippen LogP contribution >= 0.6 is 11.6 Å². The maximum atomic E-state index is 12.2. The third-order valence-corrected chi connectivity index (χ3v) is 2.90. The van der Waals surface area contributed by atoms with Crippen molar-refractivity contribution in [2.75, 3.05) is 0 Å². The summed E-state index contributed by atoms with van der Waals surface area (Å²) in [5, 5.41) is 4.81. The van der Waals surface area contributed by atoms with Gasteiger partial charge >= 0.3 is 0 Å². The van der Waals surface area contributed by atoms with Crippen molar-refractivity contribution in [2.45, 2.75) is 13.5 Å². The van der Waals surface area contributed by atoms with E-state index in [1.807, 2.05) is 0 Å². The highest BCUT2D eigenvalue weighted by atomic mass is 35.5. The van der Waals surface area contributed by atoms with E-state index >= 15 is 0 Å². The predicted molar refractivity (Wildman–Crippen MR) is 69.2 cm³/mol. The summed E-state index contributed by atoms with van der Waals surface area (Å²) in [7, 11) is 0. The van der Waals surface area contributed by atoms with Crippen molar-refractivity contribution in [1.82, 2.24) is 19.7 Å². The number of aromatic nitrogens is 4. The molecule has 0 spiro atoms.